The van der Waals surface area contributed by atoms with E-state index in [9.17, 15) is 4.79 Å². The molecule has 2 aliphatic heterocycles. The van der Waals surface area contributed by atoms with Gasteiger partial charge in [0.15, 0.2) is 22.9 Å². The number of aromatic nitrogens is 3. The lowest BCUT2D eigenvalue weighted by atomic mass is 9.84. The molecule has 4 heterocycles. The maximum absolute atomic E-state index is 15.5. The SMILES string of the molecule is C#C[C@H](C)Oc1cnc2c(Cc3cc(F)c(F)c([C@@]4(C)N=C(N)S[C@@]5(C(=O)N6CCCC6)C[C@H]54)c3)nccc2n1. The number of amides is 1. The van der Waals surface area contributed by atoms with E-state index < -0.39 is 28.0 Å². The Balaban J connectivity index is 1.34. The number of aliphatic imine (C=N–C) groups is 1. The molecule has 1 aromatic carbocycles. The van der Waals surface area contributed by atoms with E-state index in [1.54, 1.807) is 32.2 Å². The Morgan fingerprint density at radius 3 is 2.85 bits per heavy atom. The predicted molar refractivity (Wildman–Crippen MR) is 149 cm³/mol. The summed E-state index contributed by atoms with van der Waals surface area (Å²) in [6, 6.07) is 4.45. The first kappa shape index (κ1) is 26.4. The Kier molecular flexibility index (Phi) is 6.41. The van der Waals surface area contributed by atoms with Crippen molar-refractivity contribution in [3.8, 4) is 18.2 Å². The normalized spacial score (nSPS) is 26.1. The molecule has 6 rings (SSSR count). The molecule has 2 aromatic heterocycles. The number of benzene rings is 1. The molecule has 1 amide bonds. The number of carbonyl (C=O) groups is 1. The highest BCUT2D eigenvalue weighted by atomic mass is 32.2. The fourth-order valence-corrected chi connectivity index (χ4v) is 7.38. The van der Waals surface area contributed by atoms with E-state index in [1.165, 1.54) is 18.0 Å². The molecule has 1 saturated heterocycles. The van der Waals surface area contributed by atoms with Crippen LogP contribution >= 0.6 is 11.8 Å². The van der Waals surface area contributed by atoms with Crippen molar-refractivity contribution < 1.29 is 18.3 Å². The molecule has 2 fully saturated rings. The number of carbonyl (C=O) groups excluding carboxylic acids is 1. The van der Waals surface area contributed by atoms with E-state index in [4.69, 9.17) is 16.9 Å². The number of amidine groups is 1. The van der Waals surface area contributed by atoms with E-state index in [1.807, 2.05) is 4.90 Å². The third kappa shape index (κ3) is 4.35. The summed E-state index contributed by atoms with van der Waals surface area (Å²) in [6.07, 6.45) is 10.5. The van der Waals surface area contributed by atoms with Gasteiger partial charge in [0.05, 0.1) is 22.9 Å². The van der Waals surface area contributed by atoms with Crippen molar-refractivity contribution in [1.82, 2.24) is 19.9 Å². The van der Waals surface area contributed by atoms with Crippen LogP contribution in [-0.2, 0) is 16.8 Å². The minimum absolute atomic E-state index is 0.0135. The van der Waals surface area contributed by atoms with Gasteiger partial charge in [-0.05, 0) is 56.9 Å². The summed E-state index contributed by atoms with van der Waals surface area (Å²) in [5.41, 5.74) is 7.18. The lowest BCUT2D eigenvalue weighted by molar-refractivity contribution is -0.130. The topological polar surface area (TPSA) is 107 Å². The molecule has 40 heavy (non-hydrogen) atoms. The highest BCUT2D eigenvalue weighted by Gasteiger charge is 2.71. The monoisotopic (exact) mass is 562 g/mol. The maximum atomic E-state index is 15.5. The number of hydrogen-bond acceptors (Lipinski definition) is 8. The van der Waals surface area contributed by atoms with E-state index in [2.05, 4.69) is 25.9 Å². The molecule has 8 nitrogen and oxygen atoms in total. The van der Waals surface area contributed by atoms with Gasteiger partial charge in [-0.25, -0.2) is 18.7 Å². The zero-order chi connectivity index (χ0) is 28.2. The summed E-state index contributed by atoms with van der Waals surface area (Å²) in [4.78, 5) is 33.3. The van der Waals surface area contributed by atoms with Gasteiger partial charge in [0.1, 0.15) is 10.3 Å². The van der Waals surface area contributed by atoms with Crippen LogP contribution in [-0.4, -0.2) is 54.9 Å². The van der Waals surface area contributed by atoms with Crippen molar-refractivity contribution in [3.05, 3.63) is 59.0 Å². The predicted octanol–water partition coefficient (Wildman–Crippen LogP) is 3.95. The number of nitrogens with two attached hydrogens (primary N) is 1. The number of pyridine rings is 1. The Morgan fingerprint density at radius 2 is 2.10 bits per heavy atom. The molecule has 4 atom stereocenters. The molecule has 3 aromatic rings. The summed E-state index contributed by atoms with van der Waals surface area (Å²) in [5, 5.41) is 0.206. The van der Waals surface area contributed by atoms with Gasteiger partial charge >= 0.3 is 0 Å². The molecule has 11 heteroatoms. The van der Waals surface area contributed by atoms with E-state index in [0.717, 1.165) is 18.9 Å². The van der Waals surface area contributed by atoms with Crippen LogP contribution in [0.3, 0.4) is 0 Å². The standard InChI is InChI=1S/C29H28F2N6O2S/c1-4-16(2)39-23-15-34-25-20(35-23)7-8-33-21(25)13-17-11-18(24(31)19(30)12-17)28(3)22-14-29(22,40-27(32)36-28)26(38)37-9-5-6-10-37/h1,7-8,11-12,15-16,22H,5-6,9-10,13-14H2,2-3H3,(H2,32,36)/t16-,22-,28+,29-/m0/s1. The molecule has 0 unspecified atom stereocenters. The summed E-state index contributed by atoms with van der Waals surface area (Å²) in [6.45, 7) is 4.88. The molecular formula is C29H28F2N6O2S. The lowest BCUT2D eigenvalue weighted by Crippen LogP contribution is -2.45. The van der Waals surface area contributed by atoms with Crippen molar-refractivity contribution in [2.75, 3.05) is 13.1 Å². The number of ether oxygens (including phenoxy) is 1. The van der Waals surface area contributed by atoms with Gasteiger partial charge in [0.25, 0.3) is 0 Å². The molecule has 1 saturated carbocycles. The van der Waals surface area contributed by atoms with Gasteiger partial charge < -0.3 is 15.4 Å². The summed E-state index contributed by atoms with van der Waals surface area (Å²) < 4.78 is 35.3. The van der Waals surface area contributed by atoms with Crippen LogP contribution in [0.5, 0.6) is 5.88 Å². The third-order valence-corrected chi connectivity index (χ3v) is 9.31. The highest BCUT2D eigenvalue weighted by Crippen LogP contribution is 2.66. The molecule has 0 spiro atoms. The molecule has 3 aliphatic rings. The van der Waals surface area contributed by atoms with Gasteiger partial charge in [-0.2, -0.15) is 0 Å². The van der Waals surface area contributed by atoms with Gasteiger partial charge in [-0.3, -0.25) is 14.8 Å². The minimum Gasteiger partial charge on any atom is -0.460 e. The lowest BCUT2D eigenvalue weighted by Gasteiger charge is -2.35. The Hall–Kier alpha value is -3.78. The van der Waals surface area contributed by atoms with E-state index >= 15 is 8.78 Å². The zero-order valence-electron chi connectivity index (χ0n) is 22.2. The van der Waals surface area contributed by atoms with Gasteiger partial charge in [-0.15, -0.1) is 6.42 Å². The van der Waals surface area contributed by atoms with Crippen molar-refractivity contribution >= 4 is 33.9 Å². The number of terminal acetylenes is 1. The average Bonchev–Trinajstić information content (AvgIpc) is 3.43. The smallest absolute Gasteiger partial charge is 0.239 e. The summed E-state index contributed by atoms with van der Waals surface area (Å²) in [5.74, 6) is 0.476. The van der Waals surface area contributed by atoms with Crippen molar-refractivity contribution in [2.24, 2.45) is 16.6 Å². The number of nitrogens with zero attached hydrogens (tertiary/aromatic N) is 5. The van der Waals surface area contributed by atoms with Crippen LogP contribution < -0.4 is 10.5 Å². The Morgan fingerprint density at radius 1 is 1.32 bits per heavy atom. The van der Waals surface area contributed by atoms with E-state index in [0.29, 0.717) is 41.8 Å². The van der Waals surface area contributed by atoms with E-state index in [-0.39, 0.29) is 34.9 Å². The number of likely N-dealkylation sites (tertiary alicyclic amines) is 1. The Labute approximate surface area is 234 Å². The minimum atomic E-state index is -1.20. The van der Waals surface area contributed by atoms with Gasteiger partial charge in [-0.1, -0.05) is 17.7 Å². The molecular weight excluding hydrogens is 534 g/mol. The molecule has 2 N–H and O–H groups in total. The second kappa shape index (κ2) is 9.70. The van der Waals surface area contributed by atoms with Crippen molar-refractivity contribution in [1.29, 1.82) is 0 Å². The maximum Gasteiger partial charge on any atom is 0.239 e. The summed E-state index contributed by atoms with van der Waals surface area (Å²) in [7, 11) is 0. The van der Waals surface area contributed by atoms with Crippen LogP contribution in [0.4, 0.5) is 8.78 Å². The molecule has 0 radical (unpaired) electrons. The van der Waals surface area contributed by atoms with Crippen LogP contribution in [0.15, 0.2) is 35.6 Å². The molecule has 0 bridgehead atoms. The van der Waals surface area contributed by atoms with Crippen LogP contribution in [0.25, 0.3) is 11.0 Å². The quantitative estimate of drug-likeness (QED) is 0.454. The van der Waals surface area contributed by atoms with Crippen LogP contribution in [0.1, 0.15) is 49.9 Å². The first-order valence-electron chi connectivity index (χ1n) is 13.2. The second-order valence-corrected chi connectivity index (χ2v) is 12.1. The number of fused-ring (bicyclic) bond motifs is 2. The fraction of sp³-hybridized carbons (Fsp3) is 0.414. The molecule has 206 valence electrons. The van der Waals surface area contributed by atoms with Crippen LogP contribution in [0, 0.1) is 29.9 Å². The number of halogens is 2. The Bertz CT molecular complexity index is 1600. The second-order valence-electron chi connectivity index (χ2n) is 10.7. The van der Waals surface area contributed by atoms with Crippen molar-refractivity contribution in [3.63, 3.8) is 0 Å². The zero-order valence-corrected chi connectivity index (χ0v) is 23.0. The van der Waals surface area contributed by atoms with Crippen molar-refractivity contribution in [2.45, 2.75) is 55.9 Å². The number of hydrogen-bond donors (Lipinski definition) is 1. The first-order valence-corrected chi connectivity index (χ1v) is 14.0. The van der Waals surface area contributed by atoms with Crippen LogP contribution in [0.2, 0.25) is 0 Å². The third-order valence-electron chi connectivity index (χ3n) is 8.02. The number of rotatable bonds is 6. The fourth-order valence-electron chi connectivity index (χ4n) is 5.94. The average molecular weight is 563 g/mol. The van der Waals surface area contributed by atoms with Gasteiger partial charge in [0.2, 0.25) is 11.8 Å². The first-order chi connectivity index (χ1) is 19.1. The highest BCUT2D eigenvalue weighted by molar-refractivity contribution is 8.15. The largest absolute Gasteiger partial charge is 0.460 e. The number of thioether (sulfide) groups is 1. The summed E-state index contributed by atoms with van der Waals surface area (Å²) >= 11 is 1.25. The molecule has 1 aliphatic carbocycles. The van der Waals surface area contributed by atoms with Gasteiger partial charge in [0, 0.05) is 37.2 Å².